The number of methoxy groups -OCH3 is 1. The number of piperidine rings is 1. The lowest BCUT2D eigenvalue weighted by molar-refractivity contribution is 0.0820. The number of nitrogens with zero attached hydrogens (tertiary/aromatic N) is 3. The molecule has 1 aromatic rings. The van der Waals surface area contributed by atoms with E-state index in [0.717, 1.165) is 19.7 Å². The number of hydrogen-bond donors (Lipinski definition) is 1. The van der Waals surface area contributed by atoms with Gasteiger partial charge in [0.2, 0.25) is 5.89 Å². The molecule has 0 aromatic carbocycles. The highest BCUT2D eigenvalue weighted by molar-refractivity contribution is 5.85. The van der Waals surface area contributed by atoms with Crippen molar-refractivity contribution in [1.29, 1.82) is 0 Å². The molecule has 1 atom stereocenters. The summed E-state index contributed by atoms with van der Waals surface area (Å²) in [6.07, 6.45) is 2.42. The van der Waals surface area contributed by atoms with Gasteiger partial charge >= 0.3 is 0 Å². The number of nitrogens with two attached hydrogens (primary N) is 1. The highest BCUT2D eigenvalue weighted by Gasteiger charge is 2.24. The van der Waals surface area contributed by atoms with Crippen molar-refractivity contribution in [3.63, 3.8) is 0 Å². The molecule has 1 aliphatic heterocycles. The summed E-state index contributed by atoms with van der Waals surface area (Å²) >= 11 is 0. The van der Waals surface area contributed by atoms with Gasteiger partial charge in [-0.05, 0) is 39.2 Å². The summed E-state index contributed by atoms with van der Waals surface area (Å²) in [5.74, 6) is 1.81. The molecule has 7 heteroatoms. The Hall–Kier alpha value is -0.690. The molecule has 0 aliphatic carbocycles. The van der Waals surface area contributed by atoms with Crippen LogP contribution in [0.1, 0.15) is 38.4 Å². The van der Waals surface area contributed by atoms with E-state index in [4.69, 9.17) is 15.0 Å². The number of ether oxygens (including phenoxy) is 1. The SMILES string of the molecule is COCC1CCCN(Cc2nc(C(C)(C)N)no2)C1.Cl. The van der Waals surface area contributed by atoms with Gasteiger partial charge in [0, 0.05) is 13.7 Å². The van der Waals surface area contributed by atoms with Gasteiger partial charge in [-0.15, -0.1) is 12.4 Å². The lowest BCUT2D eigenvalue weighted by atomic mass is 9.99. The van der Waals surface area contributed by atoms with Gasteiger partial charge in [-0.25, -0.2) is 0 Å². The van der Waals surface area contributed by atoms with Crippen molar-refractivity contribution in [2.45, 2.75) is 38.8 Å². The number of aromatic nitrogens is 2. The largest absolute Gasteiger partial charge is 0.384 e. The molecular weight excluding hydrogens is 280 g/mol. The van der Waals surface area contributed by atoms with Crippen LogP contribution in [0.15, 0.2) is 4.52 Å². The van der Waals surface area contributed by atoms with Crippen LogP contribution in [0.25, 0.3) is 0 Å². The molecule has 2 heterocycles. The molecule has 2 N–H and O–H groups in total. The molecular formula is C13H25ClN4O2. The van der Waals surface area contributed by atoms with E-state index in [9.17, 15) is 0 Å². The molecule has 1 fully saturated rings. The lowest BCUT2D eigenvalue weighted by Crippen LogP contribution is -2.36. The minimum Gasteiger partial charge on any atom is -0.384 e. The molecule has 116 valence electrons. The second-order valence-electron chi connectivity index (χ2n) is 5.93. The Labute approximate surface area is 126 Å². The summed E-state index contributed by atoms with van der Waals surface area (Å²) in [5, 5.41) is 3.95. The third kappa shape index (κ3) is 4.70. The van der Waals surface area contributed by atoms with Crippen LogP contribution in [0.5, 0.6) is 0 Å². The number of halogens is 1. The van der Waals surface area contributed by atoms with E-state index in [-0.39, 0.29) is 12.4 Å². The van der Waals surface area contributed by atoms with Crippen LogP contribution in [-0.2, 0) is 16.8 Å². The summed E-state index contributed by atoms with van der Waals surface area (Å²) < 4.78 is 10.5. The molecule has 0 bridgehead atoms. The Bertz CT molecular complexity index is 403. The topological polar surface area (TPSA) is 77.4 Å². The van der Waals surface area contributed by atoms with Gasteiger partial charge in [-0.3, -0.25) is 4.90 Å². The van der Waals surface area contributed by atoms with Gasteiger partial charge in [-0.1, -0.05) is 5.16 Å². The van der Waals surface area contributed by atoms with Gasteiger partial charge in [0.05, 0.1) is 18.7 Å². The fraction of sp³-hybridized carbons (Fsp3) is 0.846. The molecule has 1 saturated heterocycles. The minimum atomic E-state index is -0.553. The Kier molecular flexibility index (Phi) is 6.39. The van der Waals surface area contributed by atoms with E-state index in [1.807, 2.05) is 13.8 Å². The highest BCUT2D eigenvalue weighted by atomic mass is 35.5. The quantitative estimate of drug-likeness (QED) is 0.889. The Morgan fingerprint density at radius 2 is 2.25 bits per heavy atom. The zero-order chi connectivity index (χ0) is 13.9. The van der Waals surface area contributed by atoms with E-state index in [0.29, 0.717) is 24.2 Å². The average molecular weight is 305 g/mol. The van der Waals surface area contributed by atoms with Crippen LogP contribution in [0.3, 0.4) is 0 Å². The monoisotopic (exact) mass is 304 g/mol. The third-order valence-corrected chi connectivity index (χ3v) is 3.41. The lowest BCUT2D eigenvalue weighted by Gasteiger charge is -2.31. The Balaban J connectivity index is 0.00000200. The predicted octanol–water partition coefficient (Wildman–Crippen LogP) is 1.54. The predicted molar refractivity (Wildman–Crippen MR) is 78.6 cm³/mol. The fourth-order valence-corrected chi connectivity index (χ4v) is 2.44. The van der Waals surface area contributed by atoms with Crippen LogP contribution >= 0.6 is 12.4 Å². The number of rotatable bonds is 5. The Morgan fingerprint density at radius 3 is 2.85 bits per heavy atom. The third-order valence-electron chi connectivity index (χ3n) is 3.41. The fourth-order valence-electron chi connectivity index (χ4n) is 2.44. The summed E-state index contributed by atoms with van der Waals surface area (Å²) in [5.41, 5.74) is 5.40. The van der Waals surface area contributed by atoms with Crippen LogP contribution < -0.4 is 5.73 Å². The summed E-state index contributed by atoms with van der Waals surface area (Å²) in [6.45, 7) is 7.36. The summed E-state index contributed by atoms with van der Waals surface area (Å²) in [7, 11) is 1.76. The normalized spacial score (nSPS) is 20.7. The maximum atomic E-state index is 5.95. The average Bonchev–Trinajstić information content (AvgIpc) is 2.78. The van der Waals surface area contributed by atoms with Crippen molar-refractivity contribution in [3.8, 4) is 0 Å². The summed E-state index contributed by atoms with van der Waals surface area (Å²) in [4.78, 5) is 6.71. The van der Waals surface area contributed by atoms with Gasteiger partial charge in [-0.2, -0.15) is 4.98 Å². The van der Waals surface area contributed by atoms with E-state index in [1.54, 1.807) is 7.11 Å². The van der Waals surface area contributed by atoms with Crippen molar-refractivity contribution >= 4 is 12.4 Å². The van der Waals surface area contributed by atoms with Crippen molar-refractivity contribution < 1.29 is 9.26 Å². The van der Waals surface area contributed by atoms with Crippen LogP contribution in [-0.4, -0.2) is 41.8 Å². The highest BCUT2D eigenvalue weighted by Crippen LogP contribution is 2.19. The first kappa shape index (κ1) is 17.4. The van der Waals surface area contributed by atoms with E-state index in [1.165, 1.54) is 12.8 Å². The zero-order valence-corrected chi connectivity index (χ0v) is 13.3. The molecule has 0 saturated carbocycles. The van der Waals surface area contributed by atoms with Crippen molar-refractivity contribution in [1.82, 2.24) is 15.0 Å². The molecule has 0 spiro atoms. The first-order chi connectivity index (χ1) is 8.99. The van der Waals surface area contributed by atoms with Gasteiger partial charge in [0.15, 0.2) is 5.82 Å². The van der Waals surface area contributed by atoms with Crippen LogP contribution in [0.4, 0.5) is 0 Å². The zero-order valence-electron chi connectivity index (χ0n) is 12.5. The molecule has 1 unspecified atom stereocenters. The molecule has 2 rings (SSSR count). The van der Waals surface area contributed by atoms with Gasteiger partial charge < -0.3 is 15.0 Å². The maximum absolute atomic E-state index is 5.95. The molecule has 6 nitrogen and oxygen atoms in total. The first-order valence-electron chi connectivity index (χ1n) is 6.82. The first-order valence-corrected chi connectivity index (χ1v) is 6.82. The standard InChI is InChI=1S/C13H24N4O2.ClH/c1-13(2,14)12-15-11(19-16-12)8-17-6-4-5-10(7-17)9-18-3;/h10H,4-9,14H2,1-3H3;1H. The molecule has 0 amide bonds. The van der Waals surface area contributed by atoms with Gasteiger partial charge in [0.1, 0.15) is 0 Å². The van der Waals surface area contributed by atoms with Crippen LogP contribution in [0.2, 0.25) is 0 Å². The van der Waals surface area contributed by atoms with Crippen LogP contribution in [0, 0.1) is 5.92 Å². The van der Waals surface area contributed by atoms with Crippen molar-refractivity contribution in [2.24, 2.45) is 11.7 Å². The molecule has 1 aliphatic rings. The Morgan fingerprint density at radius 1 is 1.50 bits per heavy atom. The second-order valence-corrected chi connectivity index (χ2v) is 5.93. The smallest absolute Gasteiger partial charge is 0.240 e. The van der Waals surface area contributed by atoms with Crippen molar-refractivity contribution in [3.05, 3.63) is 11.7 Å². The molecule has 20 heavy (non-hydrogen) atoms. The van der Waals surface area contributed by atoms with E-state index in [2.05, 4.69) is 15.0 Å². The van der Waals surface area contributed by atoms with Gasteiger partial charge in [0.25, 0.3) is 0 Å². The number of likely N-dealkylation sites (tertiary alicyclic amines) is 1. The van der Waals surface area contributed by atoms with Crippen molar-refractivity contribution in [2.75, 3.05) is 26.8 Å². The van der Waals surface area contributed by atoms with E-state index < -0.39 is 5.54 Å². The minimum absolute atomic E-state index is 0. The maximum Gasteiger partial charge on any atom is 0.240 e. The second kappa shape index (κ2) is 7.36. The molecule has 1 aromatic heterocycles. The van der Waals surface area contributed by atoms with E-state index >= 15 is 0 Å². The summed E-state index contributed by atoms with van der Waals surface area (Å²) in [6, 6.07) is 0. The molecule has 0 radical (unpaired) electrons. The number of hydrogen-bond acceptors (Lipinski definition) is 6.